The monoisotopic (exact) mass is 299 g/mol. The van der Waals surface area contributed by atoms with Crippen LogP contribution in [0.2, 0.25) is 0 Å². The molecule has 0 aromatic heterocycles. The van der Waals surface area contributed by atoms with Crippen LogP contribution in [0.5, 0.6) is 0 Å². The zero-order valence-corrected chi connectivity index (χ0v) is 11.6. The van der Waals surface area contributed by atoms with Crippen LogP contribution in [0.25, 0.3) is 0 Å². The number of carbonyl (C=O) groups is 4. The third-order valence-electron chi connectivity index (χ3n) is 4.90. The van der Waals surface area contributed by atoms with Crippen molar-refractivity contribution < 1.29 is 19.2 Å². The lowest BCUT2D eigenvalue weighted by Crippen LogP contribution is -2.63. The number of carbonyl (C=O) groups excluding carboxylic acids is 4. The van der Waals surface area contributed by atoms with Crippen molar-refractivity contribution >= 4 is 29.3 Å². The summed E-state index contributed by atoms with van der Waals surface area (Å²) in [5, 5.41) is 2.29. The van der Waals surface area contributed by atoms with Crippen LogP contribution in [0, 0.1) is 5.92 Å². The Morgan fingerprint density at radius 2 is 1.95 bits per heavy atom. The minimum Gasteiger partial charge on any atom is -0.398 e. The fourth-order valence-corrected chi connectivity index (χ4v) is 3.79. The lowest BCUT2D eigenvalue weighted by molar-refractivity contribution is -0.141. The highest BCUT2D eigenvalue weighted by atomic mass is 16.2. The fraction of sp³-hybridized carbons (Fsp3) is 0.333. The van der Waals surface area contributed by atoms with Gasteiger partial charge in [-0.3, -0.25) is 29.4 Å². The van der Waals surface area contributed by atoms with Crippen molar-refractivity contribution in [3.8, 4) is 0 Å². The molecule has 0 spiro atoms. The molecular weight excluding hydrogens is 286 g/mol. The highest BCUT2D eigenvalue weighted by Crippen LogP contribution is 2.46. The quantitative estimate of drug-likeness (QED) is 0.563. The van der Waals surface area contributed by atoms with E-state index in [4.69, 9.17) is 5.73 Å². The van der Waals surface area contributed by atoms with E-state index in [1.165, 1.54) is 6.07 Å². The lowest BCUT2D eigenvalue weighted by Gasteiger charge is -2.37. The van der Waals surface area contributed by atoms with E-state index in [-0.39, 0.29) is 35.1 Å². The van der Waals surface area contributed by atoms with Crippen LogP contribution in [0.4, 0.5) is 5.69 Å². The molecule has 1 aromatic rings. The fourth-order valence-electron chi connectivity index (χ4n) is 3.79. The zero-order chi connectivity index (χ0) is 15.6. The lowest BCUT2D eigenvalue weighted by atomic mass is 9.89. The second-order valence-electron chi connectivity index (χ2n) is 6.01. The summed E-state index contributed by atoms with van der Waals surface area (Å²) in [5.41, 5.74) is 5.13. The summed E-state index contributed by atoms with van der Waals surface area (Å²) in [5.74, 6) is -2.30. The molecule has 2 aliphatic heterocycles. The molecule has 2 unspecified atom stereocenters. The van der Waals surface area contributed by atoms with Gasteiger partial charge in [0.2, 0.25) is 5.91 Å². The van der Waals surface area contributed by atoms with Crippen molar-refractivity contribution in [1.29, 1.82) is 0 Å². The van der Waals surface area contributed by atoms with Gasteiger partial charge in [-0.05, 0) is 31.4 Å². The van der Waals surface area contributed by atoms with Crippen molar-refractivity contribution in [2.75, 3.05) is 5.73 Å². The number of rotatable bonds is 1. The number of anilines is 1. The molecule has 2 heterocycles. The van der Waals surface area contributed by atoms with Crippen LogP contribution < -0.4 is 11.1 Å². The molecule has 2 atom stereocenters. The molecule has 112 valence electrons. The predicted octanol–water partition coefficient (Wildman–Crippen LogP) is 0.0601. The number of piperidine rings is 1. The van der Waals surface area contributed by atoms with E-state index in [1.807, 2.05) is 0 Å². The van der Waals surface area contributed by atoms with E-state index < -0.39 is 23.3 Å². The Kier molecular flexibility index (Phi) is 2.33. The molecule has 3 aliphatic rings. The van der Waals surface area contributed by atoms with Gasteiger partial charge >= 0.3 is 0 Å². The van der Waals surface area contributed by atoms with E-state index >= 15 is 0 Å². The van der Waals surface area contributed by atoms with Gasteiger partial charge in [-0.15, -0.1) is 0 Å². The van der Waals surface area contributed by atoms with Crippen LogP contribution in [-0.2, 0) is 9.59 Å². The van der Waals surface area contributed by atoms with Crippen LogP contribution in [0.15, 0.2) is 18.2 Å². The number of hydrogen-bond acceptors (Lipinski definition) is 5. The highest BCUT2D eigenvalue weighted by molar-refractivity contribution is 6.26. The average molecular weight is 299 g/mol. The maximum absolute atomic E-state index is 12.7. The first kappa shape index (κ1) is 13.0. The molecule has 4 amide bonds. The third-order valence-corrected chi connectivity index (χ3v) is 4.90. The molecule has 2 fully saturated rings. The van der Waals surface area contributed by atoms with Gasteiger partial charge < -0.3 is 5.73 Å². The van der Waals surface area contributed by atoms with Gasteiger partial charge in [0, 0.05) is 11.6 Å². The number of nitrogens with two attached hydrogens (primary N) is 1. The molecule has 1 aromatic carbocycles. The molecule has 22 heavy (non-hydrogen) atoms. The molecule has 7 nitrogen and oxygen atoms in total. The molecule has 2 bridgehead atoms. The summed E-state index contributed by atoms with van der Waals surface area (Å²) in [6.45, 7) is 0. The van der Waals surface area contributed by atoms with Gasteiger partial charge in [-0.2, -0.15) is 0 Å². The maximum atomic E-state index is 12.7. The van der Waals surface area contributed by atoms with Crippen LogP contribution in [0.3, 0.4) is 0 Å². The Morgan fingerprint density at radius 1 is 1.18 bits per heavy atom. The summed E-state index contributed by atoms with van der Waals surface area (Å²) in [6.07, 6.45) is 0.990. The van der Waals surface area contributed by atoms with Gasteiger partial charge in [0.05, 0.1) is 11.1 Å². The van der Waals surface area contributed by atoms with E-state index in [1.54, 1.807) is 12.1 Å². The standard InChI is InChI=1S/C15H13N3O4/c16-9-3-1-2-8-10(9)13(21)18(12(8)20)15-5-4-7(6-15)11(19)17-14(15)22/h1-3,7H,4-6,16H2,(H,17,19,22). The number of fused-ring (bicyclic) bond motifs is 3. The predicted molar refractivity (Wildman–Crippen MR) is 74.6 cm³/mol. The van der Waals surface area contributed by atoms with E-state index in [0.717, 1.165) is 4.90 Å². The summed E-state index contributed by atoms with van der Waals surface area (Å²) in [7, 11) is 0. The van der Waals surface area contributed by atoms with Crippen molar-refractivity contribution in [1.82, 2.24) is 10.2 Å². The molecule has 1 aliphatic carbocycles. The molecule has 1 saturated carbocycles. The Labute approximate surface area is 125 Å². The normalized spacial score (nSPS) is 29.8. The largest absolute Gasteiger partial charge is 0.398 e. The van der Waals surface area contributed by atoms with Crippen LogP contribution in [-0.4, -0.2) is 34.1 Å². The molecular formula is C15H13N3O4. The van der Waals surface area contributed by atoms with Crippen molar-refractivity contribution in [2.45, 2.75) is 24.8 Å². The molecule has 3 N–H and O–H groups in total. The first-order chi connectivity index (χ1) is 10.5. The molecule has 1 saturated heterocycles. The Balaban J connectivity index is 1.84. The average Bonchev–Trinajstić information content (AvgIpc) is 2.98. The highest BCUT2D eigenvalue weighted by Gasteiger charge is 2.61. The first-order valence-electron chi connectivity index (χ1n) is 7.08. The Morgan fingerprint density at radius 3 is 2.68 bits per heavy atom. The van der Waals surface area contributed by atoms with Gasteiger partial charge in [0.1, 0.15) is 5.54 Å². The summed E-state index contributed by atoms with van der Waals surface area (Å²) in [6, 6.07) is 4.68. The van der Waals surface area contributed by atoms with Crippen LogP contribution >= 0.6 is 0 Å². The van der Waals surface area contributed by atoms with E-state index in [0.29, 0.717) is 12.8 Å². The summed E-state index contributed by atoms with van der Waals surface area (Å²) < 4.78 is 0. The van der Waals surface area contributed by atoms with Gasteiger partial charge in [-0.25, -0.2) is 0 Å². The number of hydrogen-bond donors (Lipinski definition) is 2. The summed E-state index contributed by atoms with van der Waals surface area (Å²) in [4.78, 5) is 50.5. The van der Waals surface area contributed by atoms with Crippen molar-refractivity contribution in [3.05, 3.63) is 29.3 Å². The minimum atomic E-state index is -1.27. The number of benzene rings is 1. The van der Waals surface area contributed by atoms with Crippen LogP contribution in [0.1, 0.15) is 40.0 Å². The summed E-state index contributed by atoms with van der Waals surface area (Å²) >= 11 is 0. The number of imide groups is 2. The topological polar surface area (TPSA) is 110 Å². The number of amides is 4. The van der Waals surface area contributed by atoms with Gasteiger partial charge in [0.25, 0.3) is 17.7 Å². The zero-order valence-electron chi connectivity index (χ0n) is 11.6. The third kappa shape index (κ3) is 1.35. The number of nitrogens with zero attached hydrogens (tertiary/aromatic N) is 1. The smallest absolute Gasteiger partial charge is 0.264 e. The Bertz CT molecular complexity index is 772. The first-order valence-corrected chi connectivity index (χ1v) is 7.08. The second-order valence-corrected chi connectivity index (χ2v) is 6.01. The van der Waals surface area contributed by atoms with Gasteiger partial charge in [-0.1, -0.05) is 6.07 Å². The molecule has 0 radical (unpaired) electrons. The number of nitrogen functional groups attached to an aromatic ring is 1. The minimum absolute atomic E-state index is 0.148. The van der Waals surface area contributed by atoms with Gasteiger partial charge in [0.15, 0.2) is 0 Å². The van der Waals surface area contributed by atoms with Crippen molar-refractivity contribution in [3.63, 3.8) is 0 Å². The van der Waals surface area contributed by atoms with E-state index in [2.05, 4.69) is 5.32 Å². The second kappa shape index (κ2) is 3.94. The Hall–Kier alpha value is -2.70. The SMILES string of the molecule is Nc1cccc2c1C(=O)N(C13CCC(C1)C(=O)NC3=O)C2=O. The van der Waals surface area contributed by atoms with E-state index in [9.17, 15) is 19.2 Å². The molecule has 7 heteroatoms. The number of nitrogens with one attached hydrogen (secondary N) is 1. The molecule has 4 rings (SSSR count). The maximum Gasteiger partial charge on any atom is 0.264 e. The van der Waals surface area contributed by atoms with Crippen molar-refractivity contribution in [2.24, 2.45) is 5.92 Å².